The Hall–Kier alpha value is -0.610. The van der Waals surface area contributed by atoms with Crippen molar-refractivity contribution in [1.29, 1.82) is 0 Å². The van der Waals surface area contributed by atoms with Crippen molar-refractivity contribution in [2.75, 3.05) is 13.6 Å². The molecule has 102 valence electrons. The van der Waals surface area contributed by atoms with Crippen molar-refractivity contribution in [2.24, 2.45) is 5.73 Å². The van der Waals surface area contributed by atoms with E-state index in [0.29, 0.717) is 0 Å². The van der Waals surface area contributed by atoms with E-state index in [2.05, 4.69) is 38.0 Å². The summed E-state index contributed by atoms with van der Waals surface area (Å²) in [5.41, 5.74) is 5.56. The third-order valence-corrected chi connectivity index (χ3v) is 3.53. The minimum Gasteiger partial charge on any atom is -0.368 e. The molecular formula is C13H29N3O. The largest absolute Gasteiger partial charge is 0.368 e. The zero-order valence-corrected chi connectivity index (χ0v) is 12.2. The molecule has 0 radical (unpaired) electrons. The SMILES string of the molecule is CCC(C)(C)N(C)CCC(NC(C)C)C(N)=O. The number of nitrogens with zero attached hydrogens (tertiary/aromatic N) is 1. The van der Waals surface area contributed by atoms with Crippen molar-refractivity contribution in [3.05, 3.63) is 0 Å². The fourth-order valence-electron chi connectivity index (χ4n) is 1.61. The topological polar surface area (TPSA) is 58.4 Å². The van der Waals surface area contributed by atoms with Crippen LogP contribution in [0.4, 0.5) is 0 Å². The zero-order valence-electron chi connectivity index (χ0n) is 12.2. The molecular weight excluding hydrogens is 214 g/mol. The molecule has 4 nitrogen and oxygen atoms in total. The first kappa shape index (κ1) is 16.4. The van der Waals surface area contributed by atoms with E-state index in [9.17, 15) is 4.79 Å². The van der Waals surface area contributed by atoms with Gasteiger partial charge in [-0.25, -0.2) is 0 Å². The van der Waals surface area contributed by atoms with E-state index >= 15 is 0 Å². The average Bonchev–Trinajstić information content (AvgIpc) is 2.22. The summed E-state index contributed by atoms with van der Waals surface area (Å²) in [5, 5.41) is 3.20. The summed E-state index contributed by atoms with van der Waals surface area (Å²) in [7, 11) is 2.09. The van der Waals surface area contributed by atoms with Crippen molar-refractivity contribution < 1.29 is 4.79 Å². The van der Waals surface area contributed by atoms with Gasteiger partial charge in [0.25, 0.3) is 0 Å². The predicted octanol–water partition coefficient (Wildman–Crippen LogP) is 1.35. The molecule has 0 heterocycles. The van der Waals surface area contributed by atoms with E-state index in [0.717, 1.165) is 19.4 Å². The van der Waals surface area contributed by atoms with E-state index in [1.807, 2.05) is 13.8 Å². The van der Waals surface area contributed by atoms with Crippen LogP contribution in [0.15, 0.2) is 0 Å². The van der Waals surface area contributed by atoms with Crippen molar-refractivity contribution >= 4 is 5.91 Å². The summed E-state index contributed by atoms with van der Waals surface area (Å²) in [6.07, 6.45) is 1.84. The van der Waals surface area contributed by atoms with Crippen molar-refractivity contribution in [1.82, 2.24) is 10.2 Å². The van der Waals surface area contributed by atoms with Gasteiger partial charge in [0.15, 0.2) is 0 Å². The molecule has 0 aromatic carbocycles. The van der Waals surface area contributed by atoms with Gasteiger partial charge in [0.1, 0.15) is 0 Å². The van der Waals surface area contributed by atoms with Crippen LogP contribution in [0, 0.1) is 0 Å². The summed E-state index contributed by atoms with van der Waals surface area (Å²) < 4.78 is 0. The second-order valence-electron chi connectivity index (χ2n) is 5.65. The lowest BCUT2D eigenvalue weighted by molar-refractivity contribution is -0.120. The monoisotopic (exact) mass is 243 g/mol. The fraction of sp³-hybridized carbons (Fsp3) is 0.923. The van der Waals surface area contributed by atoms with Crippen LogP contribution in [0.1, 0.15) is 47.5 Å². The summed E-state index contributed by atoms with van der Waals surface area (Å²) >= 11 is 0. The molecule has 1 atom stereocenters. The van der Waals surface area contributed by atoms with E-state index < -0.39 is 0 Å². The molecule has 0 saturated carbocycles. The van der Waals surface area contributed by atoms with E-state index in [1.54, 1.807) is 0 Å². The molecule has 0 bridgehead atoms. The number of nitrogens with one attached hydrogen (secondary N) is 1. The second kappa shape index (κ2) is 6.97. The van der Waals surface area contributed by atoms with Crippen LogP contribution in [0.3, 0.4) is 0 Å². The van der Waals surface area contributed by atoms with Crippen molar-refractivity contribution in [3.8, 4) is 0 Å². The van der Waals surface area contributed by atoms with E-state index in [1.165, 1.54) is 0 Å². The van der Waals surface area contributed by atoms with Gasteiger partial charge in [0.05, 0.1) is 6.04 Å². The summed E-state index contributed by atoms with van der Waals surface area (Å²) in [4.78, 5) is 13.6. The molecule has 0 aliphatic carbocycles. The molecule has 0 rings (SSSR count). The standard InChI is InChI=1S/C13H29N3O/c1-7-13(4,5)16(6)9-8-11(12(14)17)15-10(2)3/h10-11,15H,7-9H2,1-6H3,(H2,14,17). The normalized spacial score (nSPS) is 14.4. The Bertz CT molecular complexity index is 239. The van der Waals surface area contributed by atoms with Gasteiger partial charge in [-0.05, 0) is 33.7 Å². The molecule has 0 aliphatic heterocycles. The average molecular weight is 243 g/mol. The highest BCUT2D eigenvalue weighted by atomic mass is 16.1. The first-order valence-corrected chi connectivity index (χ1v) is 6.47. The van der Waals surface area contributed by atoms with E-state index in [4.69, 9.17) is 5.73 Å². The van der Waals surface area contributed by atoms with Gasteiger partial charge < -0.3 is 16.0 Å². The molecule has 0 fully saturated rings. The highest BCUT2D eigenvalue weighted by Gasteiger charge is 2.23. The van der Waals surface area contributed by atoms with Crippen LogP contribution in [-0.2, 0) is 4.79 Å². The van der Waals surface area contributed by atoms with Crippen LogP contribution in [0.5, 0.6) is 0 Å². The molecule has 3 N–H and O–H groups in total. The highest BCUT2D eigenvalue weighted by molar-refractivity contribution is 5.79. The number of rotatable bonds is 8. The second-order valence-corrected chi connectivity index (χ2v) is 5.65. The minimum atomic E-state index is -0.263. The van der Waals surface area contributed by atoms with Crippen molar-refractivity contribution in [2.45, 2.75) is 65.1 Å². The molecule has 4 heteroatoms. The zero-order chi connectivity index (χ0) is 13.6. The van der Waals surface area contributed by atoms with Crippen LogP contribution < -0.4 is 11.1 Å². The lowest BCUT2D eigenvalue weighted by Gasteiger charge is -2.35. The predicted molar refractivity (Wildman–Crippen MR) is 72.9 cm³/mol. The minimum absolute atomic E-state index is 0.167. The number of nitrogens with two attached hydrogens (primary N) is 1. The van der Waals surface area contributed by atoms with E-state index in [-0.39, 0.29) is 23.5 Å². The molecule has 0 saturated heterocycles. The first-order valence-electron chi connectivity index (χ1n) is 6.47. The number of hydrogen-bond donors (Lipinski definition) is 2. The number of amides is 1. The van der Waals surface area contributed by atoms with Gasteiger partial charge in [0, 0.05) is 18.1 Å². The maximum absolute atomic E-state index is 11.3. The third kappa shape index (κ3) is 6.03. The molecule has 0 aromatic heterocycles. The Balaban J connectivity index is 4.26. The van der Waals surface area contributed by atoms with Gasteiger partial charge in [-0.3, -0.25) is 4.79 Å². The third-order valence-electron chi connectivity index (χ3n) is 3.53. The van der Waals surface area contributed by atoms with Crippen molar-refractivity contribution in [3.63, 3.8) is 0 Å². The quantitative estimate of drug-likeness (QED) is 0.676. The van der Waals surface area contributed by atoms with Crippen LogP contribution >= 0.6 is 0 Å². The summed E-state index contributed by atoms with van der Waals surface area (Å²) in [6.45, 7) is 11.5. The molecule has 17 heavy (non-hydrogen) atoms. The summed E-state index contributed by atoms with van der Waals surface area (Å²) in [6, 6.07) is 0.0436. The molecule has 1 amide bonds. The van der Waals surface area contributed by atoms with Gasteiger partial charge >= 0.3 is 0 Å². The first-order chi connectivity index (χ1) is 7.70. The van der Waals surface area contributed by atoms with Gasteiger partial charge in [0.2, 0.25) is 5.91 Å². The maximum Gasteiger partial charge on any atom is 0.234 e. The smallest absolute Gasteiger partial charge is 0.234 e. The molecule has 0 aliphatic rings. The molecule has 0 spiro atoms. The Labute approximate surface area is 106 Å². The lowest BCUT2D eigenvalue weighted by Crippen LogP contribution is -2.48. The number of primary amides is 1. The summed E-state index contributed by atoms with van der Waals surface area (Å²) in [5.74, 6) is -0.263. The van der Waals surface area contributed by atoms with Gasteiger partial charge in [-0.1, -0.05) is 20.8 Å². The fourth-order valence-corrected chi connectivity index (χ4v) is 1.61. The Morgan fingerprint density at radius 1 is 1.41 bits per heavy atom. The Morgan fingerprint density at radius 2 is 1.94 bits per heavy atom. The maximum atomic E-state index is 11.3. The number of hydrogen-bond acceptors (Lipinski definition) is 3. The Morgan fingerprint density at radius 3 is 2.29 bits per heavy atom. The Kier molecular flexibility index (Phi) is 6.72. The number of carbonyl (C=O) groups is 1. The van der Waals surface area contributed by atoms with Crippen LogP contribution in [-0.4, -0.2) is 42.0 Å². The van der Waals surface area contributed by atoms with Gasteiger partial charge in [-0.2, -0.15) is 0 Å². The highest BCUT2D eigenvalue weighted by Crippen LogP contribution is 2.16. The van der Waals surface area contributed by atoms with Gasteiger partial charge in [-0.15, -0.1) is 0 Å². The van der Waals surface area contributed by atoms with Crippen LogP contribution in [0.2, 0.25) is 0 Å². The molecule has 0 aromatic rings. The lowest BCUT2D eigenvalue weighted by atomic mass is 9.99. The van der Waals surface area contributed by atoms with Crippen LogP contribution in [0.25, 0.3) is 0 Å². The number of carbonyl (C=O) groups excluding carboxylic acids is 1. The molecule has 1 unspecified atom stereocenters.